The predicted octanol–water partition coefficient (Wildman–Crippen LogP) is 14.9. The lowest BCUT2D eigenvalue weighted by atomic mass is 10.0. The van der Waals surface area contributed by atoms with Gasteiger partial charge >= 0.3 is 0 Å². The van der Waals surface area contributed by atoms with Crippen LogP contribution < -0.4 is 19.3 Å². The molecule has 0 amide bonds. The van der Waals surface area contributed by atoms with Crippen molar-refractivity contribution in [3.63, 3.8) is 0 Å². The molecule has 0 aliphatic rings. The molecule has 0 saturated heterocycles. The molecule has 0 heterocycles. The van der Waals surface area contributed by atoms with Crippen molar-refractivity contribution in [3.8, 4) is 22.6 Å². The number of hydrogen-bond acceptors (Lipinski definition) is 4. The second-order valence-electron chi connectivity index (χ2n) is 14.5. The Morgan fingerprint density at radius 2 is 0.621 bits per heavy atom. The van der Waals surface area contributed by atoms with Gasteiger partial charge in [-0.15, -0.1) is 0 Å². The van der Waals surface area contributed by atoms with Crippen molar-refractivity contribution in [1.82, 2.24) is 0 Å². The quantitative estimate of drug-likeness (QED) is 0.147. The van der Waals surface area contributed by atoms with Crippen LogP contribution in [0.4, 0.5) is 34.1 Å². The van der Waals surface area contributed by atoms with Crippen LogP contribution in [0.25, 0.3) is 54.2 Å². The number of nitrogens with zero attached hydrogens (tertiary/aromatic N) is 2. The minimum absolute atomic E-state index is 0.842. The summed E-state index contributed by atoms with van der Waals surface area (Å²) in [6, 6.07) is 73.7. The molecule has 0 aromatic heterocycles. The smallest absolute Gasteiger partial charge is 0.119 e. The summed E-state index contributed by atoms with van der Waals surface area (Å²) in [5.41, 5.74) is 8.90. The molecule has 10 aromatic carbocycles. The van der Waals surface area contributed by atoms with Gasteiger partial charge < -0.3 is 19.3 Å². The second kappa shape index (κ2) is 14.8. The van der Waals surface area contributed by atoms with E-state index in [0.717, 1.165) is 78.3 Å². The van der Waals surface area contributed by atoms with Gasteiger partial charge in [0.15, 0.2) is 0 Å². The van der Waals surface area contributed by atoms with E-state index in [-0.39, 0.29) is 0 Å². The molecule has 0 spiro atoms. The van der Waals surface area contributed by atoms with Crippen molar-refractivity contribution in [1.29, 1.82) is 0 Å². The van der Waals surface area contributed by atoms with Crippen LogP contribution in [0.2, 0.25) is 0 Å². The molecule has 278 valence electrons. The fraction of sp³-hybridized carbons (Fsp3) is 0.0370. The van der Waals surface area contributed by atoms with Gasteiger partial charge in [-0.05, 0) is 118 Å². The minimum atomic E-state index is 0.842. The van der Waals surface area contributed by atoms with E-state index < -0.39 is 0 Å². The molecule has 4 nitrogen and oxygen atoms in total. The maximum Gasteiger partial charge on any atom is 0.119 e. The third-order valence-electron chi connectivity index (χ3n) is 11.2. The van der Waals surface area contributed by atoms with Crippen LogP contribution in [-0.2, 0) is 0 Å². The number of methoxy groups -OCH3 is 2. The first-order valence-electron chi connectivity index (χ1n) is 19.6. The van der Waals surface area contributed by atoms with Crippen molar-refractivity contribution in [3.05, 3.63) is 206 Å². The molecule has 0 aliphatic carbocycles. The first-order chi connectivity index (χ1) is 28.7. The maximum absolute atomic E-state index is 5.59. The lowest BCUT2D eigenvalue weighted by Crippen LogP contribution is -2.11. The molecule has 0 atom stereocenters. The molecule has 58 heavy (non-hydrogen) atoms. The van der Waals surface area contributed by atoms with Crippen LogP contribution in [0.5, 0.6) is 11.5 Å². The average molecular weight is 749 g/mol. The lowest BCUT2D eigenvalue weighted by Gasteiger charge is -2.29. The zero-order valence-corrected chi connectivity index (χ0v) is 32.3. The molecule has 0 bridgehead atoms. The van der Waals surface area contributed by atoms with Crippen LogP contribution in [0.3, 0.4) is 0 Å². The third-order valence-corrected chi connectivity index (χ3v) is 11.2. The summed E-state index contributed by atoms with van der Waals surface area (Å²) in [6.45, 7) is 0. The van der Waals surface area contributed by atoms with E-state index in [1.54, 1.807) is 14.2 Å². The molecular weight excluding hydrogens is 709 g/mol. The van der Waals surface area contributed by atoms with Gasteiger partial charge in [-0.3, -0.25) is 0 Å². The standard InChI is InChI=1S/C54H40N2O2/c1-57-45-31-33-49-41(35-45)15-9-21-53(49)55(51-19-7-13-39-11-3-5-17-47(39)51)43-27-23-37(24-28-43)38-25-29-44(30-26-38)56(52-20-8-14-40-12-4-6-18-48(40)52)54-22-10-16-42-36-46(58-2)32-34-50(42)54/h3-36H,1-2H3. The SMILES string of the molecule is COc1ccc2c(N(c3ccc(-c4ccc(N(c5cccc6ccccc56)c5cccc6cc(OC)ccc56)cc4)cc3)c3cccc4ccccc34)cccc2c1. The number of anilines is 6. The summed E-state index contributed by atoms with van der Waals surface area (Å²) in [6.07, 6.45) is 0. The Hall–Kier alpha value is -7.56. The zero-order valence-electron chi connectivity index (χ0n) is 32.3. The highest BCUT2D eigenvalue weighted by atomic mass is 16.5. The van der Waals surface area contributed by atoms with E-state index in [0.29, 0.717) is 0 Å². The lowest BCUT2D eigenvalue weighted by molar-refractivity contribution is 0.415. The predicted molar refractivity (Wildman–Crippen MR) is 244 cm³/mol. The van der Waals surface area contributed by atoms with Gasteiger partial charge in [0, 0.05) is 32.9 Å². The highest BCUT2D eigenvalue weighted by Gasteiger charge is 2.20. The summed E-state index contributed by atoms with van der Waals surface area (Å²) < 4.78 is 11.2. The Bertz CT molecular complexity index is 2880. The Morgan fingerprint density at radius 1 is 0.293 bits per heavy atom. The first kappa shape index (κ1) is 34.9. The largest absolute Gasteiger partial charge is 0.497 e. The molecule has 0 N–H and O–H groups in total. The van der Waals surface area contributed by atoms with E-state index in [2.05, 4.69) is 204 Å². The van der Waals surface area contributed by atoms with Gasteiger partial charge in [0.1, 0.15) is 11.5 Å². The highest BCUT2D eigenvalue weighted by Crippen LogP contribution is 2.45. The molecule has 4 heteroatoms. The van der Waals surface area contributed by atoms with Crippen molar-refractivity contribution in [2.24, 2.45) is 0 Å². The van der Waals surface area contributed by atoms with Gasteiger partial charge in [-0.2, -0.15) is 0 Å². The first-order valence-corrected chi connectivity index (χ1v) is 19.6. The van der Waals surface area contributed by atoms with Crippen LogP contribution in [0, 0.1) is 0 Å². The Balaban J connectivity index is 1.06. The number of ether oxygens (including phenoxy) is 2. The zero-order chi connectivity index (χ0) is 39.0. The summed E-state index contributed by atoms with van der Waals surface area (Å²) in [4.78, 5) is 4.76. The van der Waals surface area contributed by atoms with Crippen LogP contribution in [-0.4, -0.2) is 14.2 Å². The van der Waals surface area contributed by atoms with E-state index >= 15 is 0 Å². The van der Waals surface area contributed by atoms with Gasteiger partial charge in [0.2, 0.25) is 0 Å². The van der Waals surface area contributed by atoms with Gasteiger partial charge in [0.05, 0.1) is 37.0 Å². The molecule has 0 unspecified atom stereocenters. The molecule has 0 radical (unpaired) electrons. The fourth-order valence-electron chi connectivity index (χ4n) is 8.36. The summed E-state index contributed by atoms with van der Waals surface area (Å²) in [5.74, 6) is 1.68. The molecule has 0 fully saturated rings. The molecule has 0 saturated carbocycles. The number of rotatable bonds is 9. The fourth-order valence-corrected chi connectivity index (χ4v) is 8.36. The molecule has 10 rings (SSSR count). The monoisotopic (exact) mass is 748 g/mol. The minimum Gasteiger partial charge on any atom is -0.497 e. The number of fused-ring (bicyclic) bond motifs is 4. The summed E-state index contributed by atoms with van der Waals surface area (Å²) in [5, 5.41) is 9.33. The van der Waals surface area contributed by atoms with Crippen molar-refractivity contribution in [2.75, 3.05) is 24.0 Å². The normalized spacial score (nSPS) is 11.3. The summed E-state index contributed by atoms with van der Waals surface area (Å²) in [7, 11) is 3.43. The number of benzene rings is 10. The molecule has 10 aromatic rings. The average Bonchev–Trinajstić information content (AvgIpc) is 3.29. The topological polar surface area (TPSA) is 24.9 Å². The van der Waals surface area contributed by atoms with Gasteiger partial charge in [-0.1, -0.05) is 121 Å². The highest BCUT2D eigenvalue weighted by molar-refractivity contribution is 6.06. The molecular formula is C54H40N2O2. The Labute approximate surface area is 338 Å². The second-order valence-corrected chi connectivity index (χ2v) is 14.5. The van der Waals surface area contributed by atoms with E-state index in [9.17, 15) is 0 Å². The van der Waals surface area contributed by atoms with Crippen molar-refractivity contribution < 1.29 is 9.47 Å². The van der Waals surface area contributed by atoms with Crippen LogP contribution in [0.15, 0.2) is 206 Å². The van der Waals surface area contributed by atoms with Gasteiger partial charge in [-0.25, -0.2) is 0 Å². The van der Waals surface area contributed by atoms with Crippen LogP contribution >= 0.6 is 0 Å². The summed E-state index contributed by atoms with van der Waals surface area (Å²) >= 11 is 0. The Kier molecular flexibility index (Phi) is 8.92. The van der Waals surface area contributed by atoms with Crippen LogP contribution in [0.1, 0.15) is 0 Å². The third kappa shape index (κ3) is 6.22. The van der Waals surface area contributed by atoms with Crippen molar-refractivity contribution in [2.45, 2.75) is 0 Å². The molecule has 0 aliphatic heterocycles. The van der Waals surface area contributed by atoms with E-state index in [1.165, 1.54) is 21.5 Å². The van der Waals surface area contributed by atoms with E-state index in [4.69, 9.17) is 9.47 Å². The van der Waals surface area contributed by atoms with E-state index in [1.807, 2.05) is 12.1 Å². The van der Waals surface area contributed by atoms with Gasteiger partial charge in [0.25, 0.3) is 0 Å². The maximum atomic E-state index is 5.59. The van der Waals surface area contributed by atoms with Crippen molar-refractivity contribution >= 4 is 77.2 Å². The Morgan fingerprint density at radius 3 is 1.00 bits per heavy atom. The number of hydrogen-bond donors (Lipinski definition) is 0.